The van der Waals surface area contributed by atoms with Gasteiger partial charge in [0.25, 0.3) is 5.91 Å². The predicted octanol–water partition coefficient (Wildman–Crippen LogP) is 3.26. The van der Waals surface area contributed by atoms with Gasteiger partial charge in [0, 0.05) is 36.4 Å². The lowest BCUT2D eigenvalue weighted by Gasteiger charge is -2.33. The molecular weight excluding hydrogens is 539 g/mol. The van der Waals surface area contributed by atoms with E-state index in [9.17, 15) is 22.8 Å². The molecule has 6 N–H and O–H groups in total. The molecule has 3 aromatic heterocycles. The highest BCUT2D eigenvalue weighted by Gasteiger charge is 2.37. The van der Waals surface area contributed by atoms with Gasteiger partial charge in [-0.3, -0.25) is 19.1 Å². The standard InChI is InChI=1S/C24H23ClF3N9O2/c1-11(22(38)35-14-6-12(29)7-14)33-23(39)15-3-2-13(8-17(15)25)34-20-21-31-10-18(37(21)5-4-30-20)16-9-32-36-19(16)24(26,27)28/h2-5,8-12,14H,6-7,29H2,1H3,(H,30,34)(H,32,36)(H,33,39)(H,35,38)/t11-,12?,14?/m1/s1. The maximum atomic E-state index is 13.4. The number of imidazole rings is 1. The maximum absolute atomic E-state index is 13.4. The molecule has 1 aliphatic carbocycles. The largest absolute Gasteiger partial charge is 0.435 e. The molecule has 0 spiro atoms. The van der Waals surface area contributed by atoms with E-state index in [4.69, 9.17) is 17.3 Å². The van der Waals surface area contributed by atoms with E-state index in [0.29, 0.717) is 18.5 Å². The minimum atomic E-state index is -4.65. The number of benzene rings is 1. The topological polar surface area (TPSA) is 155 Å². The number of amides is 2. The quantitative estimate of drug-likeness (QED) is 0.232. The first kappa shape index (κ1) is 26.4. The molecule has 1 saturated carbocycles. The number of aromatic nitrogens is 5. The third kappa shape index (κ3) is 5.38. The number of rotatable bonds is 7. The molecule has 2 amide bonds. The highest BCUT2D eigenvalue weighted by atomic mass is 35.5. The lowest BCUT2D eigenvalue weighted by molar-refractivity contribution is -0.140. The Kier molecular flexibility index (Phi) is 6.91. The van der Waals surface area contributed by atoms with Crippen LogP contribution in [0.15, 0.2) is 43.0 Å². The summed E-state index contributed by atoms with van der Waals surface area (Å²) in [6, 6.07) is 3.86. The van der Waals surface area contributed by atoms with Crippen LogP contribution in [0.5, 0.6) is 0 Å². The van der Waals surface area contributed by atoms with E-state index in [2.05, 4.69) is 36.1 Å². The lowest BCUT2D eigenvalue weighted by atomic mass is 9.87. The van der Waals surface area contributed by atoms with Crippen molar-refractivity contribution in [1.29, 1.82) is 0 Å². The summed E-state index contributed by atoms with van der Waals surface area (Å²) >= 11 is 6.36. The second-order valence-electron chi connectivity index (χ2n) is 9.21. The molecule has 4 aromatic rings. The minimum absolute atomic E-state index is 0.0106. The van der Waals surface area contributed by atoms with Gasteiger partial charge in [0.2, 0.25) is 5.91 Å². The van der Waals surface area contributed by atoms with Crippen LogP contribution in [-0.2, 0) is 11.0 Å². The number of nitrogens with zero attached hydrogens (tertiary/aromatic N) is 4. The Bertz CT molecular complexity index is 1550. The summed E-state index contributed by atoms with van der Waals surface area (Å²) in [4.78, 5) is 33.5. The van der Waals surface area contributed by atoms with Crippen molar-refractivity contribution < 1.29 is 22.8 Å². The number of carbonyl (C=O) groups is 2. The molecule has 3 heterocycles. The van der Waals surface area contributed by atoms with E-state index >= 15 is 0 Å². The summed E-state index contributed by atoms with van der Waals surface area (Å²) in [6.45, 7) is 1.57. The van der Waals surface area contributed by atoms with E-state index in [1.165, 1.54) is 35.1 Å². The van der Waals surface area contributed by atoms with Gasteiger partial charge in [-0.15, -0.1) is 0 Å². The molecule has 0 unspecified atom stereocenters. The number of nitrogens with one attached hydrogen (secondary N) is 4. The van der Waals surface area contributed by atoms with Gasteiger partial charge < -0.3 is 21.7 Å². The molecule has 1 atom stereocenters. The number of carbonyl (C=O) groups excluding carboxylic acids is 2. The van der Waals surface area contributed by atoms with Crippen molar-refractivity contribution in [2.45, 2.75) is 44.1 Å². The van der Waals surface area contributed by atoms with Crippen molar-refractivity contribution in [3.05, 3.63) is 59.3 Å². The third-order valence-corrected chi connectivity index (χ3v) is 6.66. The van der Waals surface area contributed by atoms with E-state index in [-0.39, 0.29) is 51.3 Å². The van der Waals surface area contributed by atoms with Crippen LogP contribution < -0.4 is 21.7 Å². The van der Waals surface area contributed by atoms with Gasteiger partial charge >= 0.3 is 6.18 Å². The van der Waals surface area contributed by atoms with Crippen LogP contribution in [0.3, 0.4) is 0 Å². The summed E-state index contributed by atoms with van der Waals surface area (Å²) in [5.74, 6) is -0.598. The van der Waals surface area contributed by atoms with Crippen LogP contribution in [0.1, 0.15) is 35.8 Å². The molecule has 0 aliphatic heterocycles. The lowest BCUT2D eigenvalue weighted by Crippen LogP contribution is -2.54. The normalized spacial score (nSPS) is 17.9. The van der Waals surface area contributed by atoms with E-state index in [1.54, 1.807) is 13.0 Å². The van der Waals surface area contributed by atoms with Gasteiger partial charge in [-0.05, 0) is 38.0 Å². The number of alkyl halides is 3. The Morgan fingerprint density at radius 1 is 1.26 bits per heavy atom. The van der Waals surface area contributed by atoms with E-state index in [1.807, 2.05) is 0 Å². The third-order valence-electron chi connectivity index (χ3n) is 6.35. The molecule has 1 aromatic carbocycles. The maximum Gasteiger partial charge on any atom is 0.435 e. The number of hydrogen-bond acceptors (Lipinski definition) is 7. The first-order valence-corrected chi connectivity index (χ1v) is 12.3. The molecule has 1 fully saturated rings. The average Bonchev–Trinajstić information content (AvgIpc) is 3.50. The van der Waals surface area contributed by atoms with Gasteiger partial charge in [-0.2, -0.15) is 18.3 Å². The van der Waals surface area contributed by atoms with Crippen LogP contribution in [0.25, 0.3) is 16.9 Å². The predicted molar refractivity (Wildman–Crippen MR) is 136 cm³/mol. The Balaban J connectivity index is 1.31. The second-order valence-corrected chi connectivity index (χ2v) is 9.62. The van der Waals surface area contributed by atoms with Crippen molar-refractivity contribution in [3.8, 4) is 11.3 Å². The van der Waals surface area contributed by atoms with Crippen LogP contribution in [0.2, 0.25) is 5.02 Å². The fourth-order valence-electron chi connectivity index (χ4n) is 4.27. The van der Waals surface area contributed by atoms with Crippen molar-refractivity contribution in [1.82, 2.24) is 35.2 Å². The monoisotopic (exact) mass is 561 g/mol. The van der Waals surface area contributed by atoms with Gasteiger partial charge in [0.15, 0.2) is 17.2 Å². The summed E-state index contributed by atoms with van der Waals surface area (Å²) < 4.78 is 41.5. The van der Waals surface area contributed by atoms with Crippen molar-refractivity contribution in [3.63, 3.8) is 0 Å². The second kappa shape index (κ2) is 10.2. The fourth-order valence-corrected chi connectivity index (χ4v) is 4.53. The van der Waals surface area contributed by atoms with Crippen molar-refractivity contribution in [2.24, 2.45) is 5.73 Å². The van der Waals surface area contributed by atoms with Crippen LogP contribution >= 0.6 is 11.6 Å². The Morgan fingerprint density at radius 2 is 2.03 bits per heavy atom. The summed E-state index contributed by atoms with van der Waals surface area (Å²) in [7, 11) is 0. The zero-order chi connectivity index (χ0) is 27.9. The number of hydrogen-bond donors (Lipinski definition) is 5. The smallest absolute Gasteiger partial charge is 0.351 e. The minimum Gasteiger partial charge on any atom is -0.351 e. The first-order chi connectivity index (χ1) is 18.5. The molecule has 0 saturated heterocycles. The molecule has 1 aliphatic rings. The van der Waals surface area contributed by atoms with E-state index < -0.39 is 23.8 Å². The van der Waals surface area contributed by atoms with Gasteiger partial charge in [0.1, 0.15) is 6.04 Å². The molecule has 0 radical (unpaired) electrons. The van der Waals surface area contributed by atoms with Gasteiger partial charge in [0.05, 0.1) is 28.0 Å². The molecular formula is C24H23ClF3N9O2. The average molecular weight is 562 g/mol. The Labute approximate surface area is 224 Å². The molecule has 11 nitrogen and oxygen atoms in total. The Hall–Kier alpha value is -4.17. The van der Waals surface area contributed by atoms with Crippen LogP contribution in [0, 0.1) is 0 Å². The zero-order valence-electron chi connectivity index (χ0n) is 20.4. The summed E-state index contributed by atoms with van der Waals surface area (Å²) in [6.07, 6.45) is 2.08. The van der Waals surface area contributed by atoms with Gasteiger partial charge in [-0.25, -0.2) is 9.97 Å². The van der Waals surface area contributed by atoms with Gasteiger partial charge in [-0.1, -0.05) is 11.6 Å². The summed E-state index contributed by atoms with van der Waals surface area (Å²) in [5, 5.41) is 14.2. The van der Waals surface area contributed by atoms with Crippen LogP contribution in [0.4, 0.5) is 24.7 Å². The van der Waals surface area contributed by atoms with Crippen LogP contribution in [-0.4, -0.2) is 54.5 Å². The van der Waals surface area contributed by atoms with E-state index in [0.717, 1.165) is 6.20 Å². The molecule has 39 heavy (non-hydrogen) atoms. The Morgan fingerprint density at radius 3 is 2.72 bits per heavy atom. The number of aromatic amines is 1. The number of fused-ring (bicyclic) bond motifs is 1. The highest BCUT2D eigenvalue weighted by molar-refractivity contribution is 6.34. The number of nitrogens with two attached hydrogens (primary N) is 1. The molecule has 0 bridgehead atoms. The number of anilines is 2. The number of H-pyrrole nitrogens is 1. The van der Waals surface area contributed by atoms with Crippen molar-refractivity contribution >= 4 is 40.6 Å². The number of halogens is 4. The summed E-state index contributed by atoms with van der Waals surface area (Å²) in [5.41, 5.74) is 5.54. The highest BCUT2D eigenvalue weighted by Crippen LogP contribution is 2.36. The SMILES string of the molecule is C[C@@H](NC(=O)c1ccc(Nc2nccn3c(-c4c[nH]nc4C(F)(F)F)cnc23)cc1Cl)C(=O)NC1CC(N)C1. The molecule has 204 valence electrons. The molecule has 5 rings (SSSR count). The van der Waals surface area contributed by atoms with Crippen molar-refractivity contribution in [2.75, 3.05) is 5.32 Å². The fraction of sp³-hybridized carbons (Fsp3) is 0.292. The first-order valence-electron chi connectivity index (χ1n) is 11.9. The zero-order valence-corrected chi connectivity index (χ0v) is 21.1. The molecule has 15 heteroatoms.